The van der Waals surface area contributed by atoms with E-state index in [4.69, 9.17) is 0 Å². The van der Waals surface area contributed by atoms with Gasteiger partial charge in [-0.25, -0.2) is 0 Å². The van der Waals surface area contributed by atoms with Crippen LogP contribution in [0.2, 0.25) is 0 Å². The number of benzene rings is 1. The van der Waals surface area contributed by atoms with Crippen LogP contribution in [-0.2, 0) is 31.8 Å². The predicted molar refractivity (Wildman–Crippen MR) is 128 cm³/mol. The van der Waals surface area contributed by atoms with Crippen molar-refractivity contribution in [3.8, 4) is 0 Å². The third-order valence-electron chi connectivity index (χ3n) is 5.98. The topological polar surface area (TPSA) is 54.2 Å². The Kier molecular flexibility index (Phi) is 8.34. The van der Waals surface area contributed by atoms with Gasteiger partial charge in [0.15, 0.2) is 5.96 Å². The Morgan fingerprint density at radius 2 is 1.86 bits per heavy atom. The molecule has 1 aromatic carbocycles. The lowest BCUT2D eigenvalue weighted by Gasteiger charge is -2.43. The van der Waals surface area contributed by atoms with Crippen LogP contribution in [0, 0.1) is 0 Å². The van der Waals surface area contributed by atoms with Crippen LogP contribution in [0.3, 0.4) is 0 Å². The van der Waals surface area contributed by atoms with Crippen molar-refractivity contribution in [1.29, 1.82) is 0 Å². The van der Waals surface area contributed by atoms with Crippen LogP contribution < -0.4 is 10.6 Å². The zero-order valence-corrected chi connectivity index (χ0v) is 19.9. The summed E-state index contributed by atoms with van der Waals surface area (Å²) in [5, 5.41) is 11.7. The third-order valence-corrected chi connectivity index (χ3v) is 5.98. The molecule has 0 radical (unpaired) electrons. The molecule has 1 fully saturated rings. The SMILES string of the molecule is CCc1nn(C)c(CC)c1CNC(=NC)NCC1(c2ccccc2)CCC1.I. The number of aryl methyl sites for hydroxylation is 2. The summed E-state index contributed by atoms with van der Waals surface area (Å²) in [7, 11) is 3.88. The van der Waals surface area contributed by atoms with Crippen LogP contribution >= 0.6 is 24.0 Å². The Morgan fingerprint density at radius 3 is 2.39 bits per heavy atom. The first kappa shape index (κ1) is 22.7. The van der Waals surface area contributed by atoms with Crippen LogP contribution in [-0.4, -0.2) is 29.3 Å². The van der Waals surface area contributed by atoms with Gasteiger partial charge >= 0.3 is 0 Å². The molecular weight excluding hydrogens is 461 g/mol. The fourth-order valence-corrected chi connectivity index (χ4v) is 4.20. The molecule has 0 aliphatic heterocycles. The highest BCUT2D eigenvalue weighted by Crippen LogP contribution is 2.43. The zero-order chi connectivity index (χ0) is 19.3. The Morgan fingerprint density at radius 1 is 1.14 bits per heavy atom. The normalized spacial score (nSPS) is 15.5. The van der Waals surface area contributed by atoms with Crippen molar-refractivity contribution < 1.29 is 0 Å². The van der Waals surface area contributed by atoms with Gasteiger partial charge in [0.1, 0.15) is 0 Å². The molecule has 2 N–H and O–H groups in total. The summed E-state index contributed by atoms with van der Waals surface area (Å²) in [5.74, 6) is 0.866. The lowest BCUT2D eigenvalue weighted by Crippen LogP contribution is -2.48. The Bertz CT molecular complexity index is 778. The van der Waals surface area contributed by atoms with E-state index < -0.39 is 0 Å². The minimum absolute atomic E-state index is 0. The van der Waals surface area contributed by atoms with Gasteiger partial charge in [0.2, 0.25) is 0 Å². The number of hydrogen-bond donors (Lipinski definition) is 2. The minimum atomic E-state index is 0. The van der Waals surface area contributed by atoms with E-state index in [9.17, 15) is 0 Å². The smallest absolute Gasteiger partial charge is 0.191 e. The second kappa shape index (κ2) is 10.3. The lowest BCUT2D eigenvalue weighted by atomic mass is 9.64. The van der Waals surface area contributed by atoms with Crippen LogP contribution in [0.25, 0.3) is 0 Å². The van der Waals surface area contributed by atoms with Gasteiger partial charge in [-0.3, -0.25) is 9.67 Å². The van der Waals surface area contributed by atoms with Crippen molar-refractivity contribution in [3.05, 3.63) is 52.8 Å². The summed E-state index contributed by atoms with van der Waals surface area (Å²) in [4.78, 5) is 4.44. The molecule has 1 aliphatic carbocycles. The van der Waals surface area contributed by atoms with E-state index in [0.717, 1.165) is 31.9 Å². The van der Waals surface area contributed by atoms with Crippen molar-refractivity contribution in [2.45, 2.75) is 57.9 Å². The van der Waals surface area contributed by atoms with E-state index in [-0.39, 0.29) is 29.4 Å². The molecule has 0 bridgehead atoms. The van der Waals surface area contributed by atoms with E-state index in [1.54, 1.807) is 0 Å². The maximum absolute atomic E-state index is 4.67. The number of halogens is 1. The molecule has 0 atom stereocenters. The number of aromatic nitrogens is 2. The minimum Gasteiger partial charge on any atom is -0.356 e. The molecule has 1 aromatic heterocycles. The van der Waals surface area contributed by atoms with Crippen LogP contribution in [0.1, 0.15) is 55.6 Å². The quantitative estimate of drug-likeness (QED) is 0.348. The number of guanidine groups is 1. The highest BCUT2D eigenvalue weighted by atomic mass is 127. The first-order valence-corrected chi connectivity index (χ1v) is 10.2. The molecule has 28 heavy (non-hydrogen) atoms. The third kappa shape index (κ3) is 4.70. The van der Waals surface area contributed by atoms with Gasteiger partial charge in [-0.15, -0.1) is 24.0 Å². The standard InChI is InChI=1S/C22H33N5.HI/c1-5-19-18(20(6-2)27(4)26-19)15-24-21(23-3)25-16-22(13-10-14-22)17-11-8-7-9-12-17;/h7-9,11-12H,5-6,10,13-16H2,1-4H3,(H2,23,24,25);1H. The summed E-state index contributed by atoms with van der Waals surface area (Å²) in [5.41, 5.74) is 5.47. The largest absolute Gasteiger partial charge is 0.356 e. The summed E-state index contributed by atoms with van der Waals surface area (Å²) in [6, 6.07) is 10.9. The highest BCUT2D eigenvalue weighted by Gasteiger charge is 2.38. The molecule has 0 amide bonds. The Balaban J connectivity index is 0.00000280. The second-order valence-electron chi connectivity index (χ2n) is 7.48. The summed E-state index contributed by atoms with van der Waals surface area (Å²) >= 11 is 0. The predicted octanol–water partition coefficient (Wildman–Crippen LogP) is 3.95. The average Bonchev–Trinajstić information content (AvgIpc) is 2.98. The molecule has 5 nitrogen and oxygen atoms in total. The van der Waals surface area contributed by atoms with Gasteiger partial charge in [-0.2, -0.15) is 5.10 Å². The Labute approximate surface area is 186 Å². The summed E-state index contributed by atoms with van der Waals surface area (Å²) in [6.45, 7) is 6.04. The van der Waals surface area contributed by atoms with Crippen molar-refractivity contribution in [2.24, 2.45) is 12.0 Å². The number of nitrogens with one attached hydrogen (secondary N) is 2. The van der Waals surface area contributed by atoms with Crippen LogP contribution in [0.15, 0.2) is 35.3 Å². The molecule has 0 unspecified atom stereocenters. The Hall–Kier alpha value is -1.57. The molecule has 1 aliphatic rings. The van der Waals surface area contributed by atoms with Crippen LogP contribution in [0.5, 0.6) is 0 Å². The van der Waals surface area contributed by atoms with E-state index in [0.29, 0.717) is 0 Å². The van der Waals surface area contributed by atoms with Gasteiger partial charge in [-0.1, -0.05) is 50.6 Å². The molecule has 0 spiro atoms. The number of rotatable bonds is 7. The van der Waals surface area contributed by atoms with E-state index in [2.05, 4.69) is 64.9 Å². The molecule has 6 heteroatoms. The summed E-state index contributed by atoms with van der Waals surface area (Å²) < 4.78 is 2.02. The first-order valence-electron chi connectivity index (χ1n) is 10.2. The molecular formula is C22H34IN5. The van der Waals surface area contributed by atoms with Crippen molar-refractivity contribution in [3.63, 3.8) is 0 Å². The number of aliphatic imine (C=N–C) groups is 1. The van der Waals surface area contributed by atoms with Gasteiger partial charge in [0, 0.05) is 43.9 Å². The molecule has 1 heterocycles. The monoisotopic (exact) mass is 495 g/mol. The van der Waals surface area contributed by atoms with Gasteiger partial charge < -0.3 is 10.6 Å². The lowest BCUT2D eigenvalue weighted by molar-refractivity contribution is 0.244. The fraction of sp³-hybridized carbons (Fsp3) is 0.545. The van der Waals surface area contributed by atoms with Crippen molar-refractivity contribution in [2.75, 3.05) is 13.6 Å². The average molecular weight is 495 g/mol. The molecule has 154 valence electrons. The maximum atomic E-state index is 4.67. The van der Waals surface area contributed by atoms with E-state index in [1.165, 1.54) is 41.8 Å². The molecule has 0 saturated heterocycles. The zero-order valence-electron chi connectivity index (χ0n) is 17.6. The summed E-state index contributed by atoms with van der Waals surface area (Å²) in [6.07, 6.45) is 5.73. The molecule has 3 rings (SSSR count). The molecule has 2 aromatic rings. The van der Waals surface area contributed by atoms with Crippen molar-refractivity contribution >= 4 is 29.9 Å². The van der Waals surface area contributed by atoms with Crippen LogP contribution in [0.4, 0.5) is 0 Å². The fourth-order valence-electron chi connectivity index (χ4n) is 4.20. The number of hydrogen-bond acceptors (Lipinski definition) is 2. The number of nitrogens with zero attached hydrogens (tertiary/aromatic N) is 3. The highest BCUT2D eigenvalue weighted by molar-refractivity contribution is 14.0. The second-order valence-corrected chi connectivity index (χ2v) is 7.48. The first-order chi connectivity index (χ1) is 13.1. The van der Waals surface area contributed by atoms with E-state index >= 15 is 0 Å². The van der Waals surface area contributed by atoms with Crippen molar-refractivity contribution in [1.82, 2.24) is 20.4 Å². The van der Waals surface area contributed by atoms with Gasteiger partial charge in [0.05, 0.1) is 5.69 Å². The van der Waals surface area contributed by atoms with Gasteiger partial charge in [0.25, 0.3) is 0 Å². The van der Waals surface area contributed by atoms with Gasteiger partial charge in [-0.05, 0) is 31.2 Å². The van der Waals surface area contributed by atoms with E-state index in [1.807, 2.05) is 18.8 Å². The maximum Gasteiger partial charge on any atom is 0.191 e. The molecule has 1 saturated carbocycles.